The SMILES string of the molecule is CCC(CC)n1c(CCCl)nc2cc(C(F)(F)F)ccc21. The van der Waals surface area contributed by atoms with E-state index in [0.29, 0.717) is 17.8 Å². The highest BCUT2D eigenvalue weighted by molar-refractivity contribution is 6.17. The molecule has 0 spiro atoms. The van der Waals surface area contributed by atoms with Crippen LogP contribution in [0.2, 0.25) is 0 Å². The number of hydrogen-bond donors (Lipinski definition) is 0. The maximum absolute atomic E-state index is 12.8. The van der Waals surface area contributed by atoms with Crippen LogP contribution in [-0.2, 0) is 12.6 Å². The minimum absolute atomic E-state index is 0.227. The van der Waals surface area contributed by atoms with Crippen LogP contribution >= 0.6 is 11.6 Å². The Labute approximate surface area is 126 Å². The second-order valence-electron chi connectivity index (χ2n) is 5.01. The smallest absolute Gasteiger partial charge is 0.325 e. The predicted molar refractivity (Wildman–Crippen MR) is 78.8 cm³/mol. The van der Waals surface area contributed by atoms with E-state index in [1.54, 1.807) is 0 Å². The highest BCUT2D eigenvalue weighted by atomic mass is 35.5. The molecule has 0 saturated heterocycles. The zero-order valence-corrected chi connectivity index (χ0v) is 12.8. The third-order valence-electron chi connectivity index (χ3n) is 3.72. The Morgan fingerprint density at radius 2 is 1.90 bits per heavy atom. The highest BCUT2D eigenvalue weighted by Crippen LogP contribution is 2.33. The normalized spacial score (nSPS) is 12.5. The number of fused-ring (bicyclic) bond motifs is 1. The molecule has 0 fully saturated rings. The van der Waals surface area contributed by atoms with E-state index in [-0.39, 0.29) is 6.04 Å². The van der Waals surface area contributed by atoms with Crippen molar-refractivity contribution in [2.24, 2.45) is 0 Å². The number of nitrogens with zero attached hydrogens (tertiary/aromatic N) is 2. The molecule has 116 valence electrons. The summed E-state index contributed by atoms with van der Waals surface area (Å²) in [6.45, 7) is 4.13. The van der Waals surface area contributed by atoms with Crippen molar-refractivity contribution in [3.8, 4) is 0 Å². The molecule has 0 amide bonds. The summed E-state index contributed by atoms with van der Waals surface area (Å²) in [5.74, 6) is 1.16. The summed E-state index contributed by atoms with van der Waals surface area (Å²) >= 11 is 5.80. The molecule has 0 unspecified atom stereocenters. The van der Waals surface area contributed by atoms with Crippen LogP contribution in [0.3, 0.4) is 0 Å². The van der Waals surface area contributed by atoms with Gasteiger partial charge in [0.15, 0.2) is 0 Å². The van der Waals surface area contributed by atoms with E-state index < -0.39 is 11.7 Å². The van der Waals surface area contributed by atoms with Gasteiger partial charge in [-0.25, -0.2) is 4.98 Å². The lowest BCUT2D eigenvalue weighted by molar-refractivity contribution is -0.137. The van der Waals surface area contributed by atoms with Crippen molar-refractivity contribution >= 4 is 22.6 Å². The van der Waals surface area contributed by atoms with Gasteiger partial charge in [0.05, 0.1) is 16.6 Å². The molecule has 0 aliphatic carbocycles. The standard InChI is InChI=1S/C15H18ClF3N2/c1-3-11(4-2)21-13-6-5-10(15(17,18)19)9-12(13)20-14(21)7-8-16/h5-6,9,11H,3-4,7-8H2,1-2H3. The molecular formula is C15H18ClF3N2. The summed E-state index contributed by atoms with van der Waals surface area (Å²) in [5, 5.41) is 0. The van der Waals surface area contributed by atoms with Gasteiger partial charge in [-0.05, 0) is 31.0 Å². The lowest BCUT2D eigenvalue weighted by Crippen LogP contribution is -2.11. The van der Waals surface area contributed by atoms with Crippen molar-refractivity contribution in [3.63, 3.8) is 0 Å². The molecule has 2 aromatic rings. The summed E-state index contributed by atoms with van der Waals surface area (Å²) in [4.78, 5) is 4.37. The van der Waals surface area contributed by atoms with Gasteiger partial charge in [0, 0.05) is 18.3 Å². The van der Waals surface area contributed by atoms with E-state index >= 15 is 0 Å². The minimum Gasteiger partial charge on any atom is -0.325 e. The Kier molecular flexibility index (Phi) is 4.81. The molecular weight excluding hydrogens is 301 g/mol. The molecule has 0 aliphatic rings. The van der Waals surface area contributed by atoms with Gasteiger partial charge in [-0.1, -0.05) is 13.8 Å². The molecule has 0 N–H and O–H groups in total. The third kappa shape index (κ3) is 3.18. The van der Waals surface area contributed by atoms with Gasteiger partial charge in [0.25, 0.3) is 0 Å². The lowest BCUT2D eigenvalue weighted by atomic mass is 10.1. The third-order valence-corrected chi connectivity index (χ3v) is 3.90. The minimum atomic E-state index is -4.35. The van der Waals surface area contributed by atoms with Crippen LogP contribution in [0.25, 0.3) is 11.0 Å². The average molecular weight is 319 g/mol. The van der Waals surface area contributed by atoms with Crippen LogP contribution < -0.4 is 0 Å². The number of alkyl halides is 4. The second kappa shape index (κ2) is 6.26. The van der Waals surface area contributed by atoms with E-state index in [4.69, 9.17) is 11.6 Å². The van der Waals surface area contributed by atoms with E-state index in [9.17, 15) is 13.2 Å². The molecule has 0 radical (unpaired) electrons. The summed E-state index contributed by atoms with van der Waals surface area (Å²) in [6.07, 6.45) is -2.00. The fourth-order valence-electron chi connectivity index (χ4n) is 2.65. The number of aromatic nitrogens is 2. The highest BCUT2D eigenvalue weighted by Gasteiger charge is 2.31. The van der Waals surface area contributed by atoms with Crippen LogP contribution in [0.5, 0.6) is 0 Å². The molecule has 6 heteroatoms. The first-order valence-corrected chi connectivity index (χ1v) is 7.59. The fourth-order valence-corrected chi connectivity index (χ4v) is 2.82. The van der Waals surface area contributed by atoms with E-state index in [0.717, 1.165) is 36.3 Å². The van der Waals surface area contributed by atoms with Crippen molar-refractivity contribution in [2.45, 2.75) is 45.3 Å². The van der Waals surface area contributed by atoms with Gasteiger partial charge in [0.2, 0.25) is 0 Å². The van der Waals surface area contributed by atoms with Crippen LogP contribution in [0, 0.1) is 0 Å². The van der Waals surface area contributed by atoms with Crippen LogP contribution in [0.1, 0.15) is 44.1 Å². The monoisotopic (exact) mass is 318 g/mol. The number of hydrogen-bond acceptors (Lipinski definition) is 1. The zero-order chi connectivity index (χ0) is 15.6. The Balaban J connectivity index is 2.62. The molecule has 0 saturated carbocycles. The fraction of sp³-hybridized carbons (Fsp3) is 0.533. The van der Waals surface area contributed by atoms with Gasteiger partial charge < -0.3 is 4.57 Å². The molecule has 1 heterocycles. The van der Waals surface area contributed by atoms with Crippen LogP contribution in [0.15, 0.2) is 18.2 Å². The Bertz CT molecular complexity index is 615. The van der Waals surface area contributed by atoms with E-state index in [1.165, 1.54) is 6.07 Å². The van der Waals surface area contributed by atoms with Crippen molar-refractivity contribution in [3.05, 3.63) is 29.6 Å². The average Bonchev–Trinajstić information content (AvgIpc) is 2.78. The molecule has 2 nitrogen and oxygen atoms in total. The summed E-state index contributed by atoms with van der Waals surface area (Å²) in [7, 11) is 0. The van der Waals surface area contributed by atoms with E-state index in [2.05, 4.69) is 18.8 Å². The molecule has 21 heavy (non-hydrogen) atoms. The maximum Gasteiger partial charge on any atom is 0.416 e. The van der Waals surface area contributed by atoms with Crippen molar-refractivity contribution in [2.75, 3.05) is 5.88 Å². The Morgan fingerprint density at radius 3 is 2.43 bits per heavy atom. The van der Waals surface area contributed by atoms with Crippen molar-refractivity contribution < 1.29 is 13.2 Å². The second-order valence-corrected chi connectivity index (χ2v) is 5.39. The first-order valence-electron chi connectivity index (χ1n) is 7.06. The summed E-state index contributed by atoms with van der Waals surface area (Å²) in [5.41, 5.74) is 0.468. The quantitative estimate of drug-likeness (QED) is 0.693. The summed E-state index contributed by atoms with van der Waals surface area (Å²) < 4.78 is 40.5. The van der Waals surface area contributed by atoms with Gasteiger partial charge >= 0.3 is 6.18 Å². The summed E-state index contributed by atoms with van der Waals surface area (Å²) in [6, 6.07) is 3.98. The van der Waals surface area contributed by atoms with Gasteiger partial charge in [0.1, 0.15) is 5.82 Å². The molecule has 0 bridgehead atoms. The molecule has 0 aliphatic heterocycles. The molecule has 0 atom stereocenters. The first-order chi connectivity index (χ1) is 9.92. The lowest BCUT2D eigenvalue weighted by Gasteiger charge is -2.18. The number of rotatable bonds is 5. The number of imidazole rings is 1. The van der Waals surface area contributed by atoms with Crippen LogP contribution in [-0.4, -0.2) is 15.4 Å². The topological polar surface area (TPSA) is 17.8 Å². The van der Waals surface area contributed by atoms with E-state index in [1.807, 2.05) is 4.57 Å². The predicted octanol–water partition coefficient (Wildman–Crippen LogP) is 5.20. The largest absolute Gasteiger partial charge is 0.416 e. The number of halogens is 4. The van der Waals surface area contributed by atoms with Crippen molar-refractivity contribution in [1.29, 1.82) is 0 Å². The number of benzene rings is 1. The molecule has 2 rings (SSSR count). The molecule has 1 aromatic carbocycles. The Hall–Kier alpha value is -1.23. The van der Waals surface area contributed by atoms with Crippen LogP contribution in [0.4, 0.5) is 13.2 Å². The van der Waals surface area contributed by atoms with Crippen molar-refractivity contribution in [1.82, 2.24) is 9.55 Å². The maximum atomic E-state index is 12.8. The zero-order valence-electron chi connectivity index (χ0n) is 12.0. The van der Waals surface area contributed by atoms with Gasteiger partial charge in [-0.15, -0.1) is 11.6 Å². The van der Waals surface area contributed by atoms with Gasteiger partial charge in [-0.3, -0.25) is 0 Å². The molecule has 1 aromatic heterocycles. The first kappa shape index (κ1) is 16.1. The van der Waals surface area contributed by atoms with Gasteiger partial charge in [-0.2, -0.15) is 13.2 Å². The Morgan fingerprint density at radius 1 is 1.24 bits per heavy atom. The number of aryl methyl sites for hydroxylation is 1.